The summed E-state index contributed by atoms with van der Waals surface area (Å²) in [4.78, 5) is 38.4. The van der Waals surface area contributed by atoms with Gasteiger partial charge in [0.25, 0.3) is 0 Å². The zero-order valence-electron chi connectivity index (χ0n) is 52.5. The van der Waals surface area contributed by atoms with Crippen molar-refractivity contribution in [1.29, 1.82) is 0 Å². The summed E-state index contributed by atoms with van der Waals surface area (Å²) in [6.07, 6.45) is 97.1. The highest BCUT2D eigenvalue weighted by Gasteiger charge is 2.19. The van der Waals surface area contributed by atoms with E-state index < -0.39 is 6.10 Å². The van der Waals surface area contributed by atoms with Crippen LogP contribution >= 0.6 is 0 Å². The minimum Gasteiger partial charge on any atom is -0.462 e. The van der Waals surface area contributed by atoms with Crippen LogP contribution in [0.4, 0.5) is 0 Å². The van der Waals surface area contributed by atoms with Crippen LogP contribution in [0.25, 0.3) is 0 Å². The van der Waals surface area contributed by atoms with Crippen LogP contribution in [0.15, 0.2) is 146 Å². The number of rotatable bonds is 59. The Hall–Kier alpha value is -4.71. The van der Waals surface area contributed by atoms with Crippen LogP contribution in [0.3, 0.4) is 0 Å². The number of carbonyl (C=O) groups is 3. The van der Waals surface area contributed by atoms with Crippen molar-refractivity contribution in [3.63, 3.8) is 0 Å². The van der Waals surface area contributed by atoms with Gasteiger partial charge in [0.1, 0.15) is 13.2 Å². The quantitative estimate of drug-likeness (QED) is 0.0261. The van der Waals surface area contributed by atoms with Crippen LogP contribution in [0.5, 0.6) is 0 Å². The van der Waals surface area contributed by atoms with Crippen LogP contribution in [0.1, 0.15) is 290 Å². The van der Waals surface area contributed by atoms with E-state index in [0.29, 0.717) is 19.3 Å². The maximum absolute atomic E-state index is 12.9. The Bertz CT molecular complexity index is 1760. The Morgan fingerprint density at radius 1 is 0.259 bits per heavy atom. The molecular formula is C75H122O6. The van der Waals surface area contributed by atoms with E-state index in [4.69, 9.17) is 14.2 Å². The first-order valence-corrected chi connectivity index (χ1v) is 33.3. The third-order valence-corrected chi connectivity index (χ3v) is 13.8. The fourth-order valence-electron chi connectivity index (χ4n) is 8.88. The summed E-state index contributed by atoms with van der Waals surface area (Å²) in [5, 5.41) is 0. The summed E-state index contributed by atoms with van der Waals surface area (Å²) >= 11 is 0. The SMILES string of the molecule is CC/C=C\C/C=C\C/C=C\C/C=C\C/C=C\C/C=C\CCCCC(=O)OC(COC(=O)CCCCCCCC/C=C\C/C=C\C/C=C\C/C=C\CC)COC(=O)CCCCCCCCCCCCC/C=C\C/C=C\CCCCCCC. The topological polar surface area (TPSA) is 78.9 Å². The number of unbranched alkanes of at least 4 members (excludes halogenated alkanes) is 24. The second-order valence-electron chi connectivity index (χ2n) is 21.6. The van der Waals surface area contributed by atoms with E-state index >= 15 is 0 Å². The van der Waals surface area contributed by atoms with E-state index in [1.165, 1.54) is 109 Å². The van der Waals surface area contributed by atoms with Gasteiger partial charge in [-0.1, -0.05) is 276 Å². The zero-order valence-corrected chi connectivity index (χ0v) is 52.5. The largest absolute Gasteiger partial charge is 0.462 e. The highest BCUT2D eigenvalue weighted by Crippen LogP contribution is 2.15. The third-order valence-electron chi connectivity index (χ3n) is 13.8. The lowest BCUT2D eigenvalue weighted by atomic mass is 10.0. The minimum atomic E-state index is -0.817. The second kappa shape index (κ2) is 67.8. The Labute approximate surface area is 499 Å². The van der Waals surface area contributed by atoms with Gasteiger partial charge in [-0.3, -0.25) is 14.4 Å². The van der Waals surface area contributed by atoms with Gasteiger partial charge >= 0.3 is 17.9 Å². The van der Waals surface area contributed by atoms with Crippen LogP contribution in [0.2, 0.25) is 0 Å². The second-order valence-corrected chi connectivity index (χ2v) is 21.6. The standard InChI is InChI=1S/C75H122O6/c1-4-7-10-13-16-19-22-25-28-31-34-36-37-39-41-44-47-50-53-56-59-62-65-68-74(77)80-71-72(70-79-73(76)67-64-61-58-55-52-49-46-43-40-33-30-27-24-21-18-15-12-9-6-3)81-75(78)69-66-63-60-57-54-51-48-45-42-38-35-32-29-26-23-20-17-14-11-8-5-2/h8-9,11-12,17-18,20-22,25-27,29-31,34-35,38,40,43,45,48,54,57,72H,4-7,10,13-16,19,23-24,28,32-33,36-37,39,41-42,44,46-47,49-53,55-56,58-71H2,1-3H3/b11-8-,12-9-,20-17-,21-18-,25-22-,29-26-,30-27-,34-31-,38-35-,43-40-,48-45-,57-54-. The molecule has 0 aliphatic carbocycles. The first kappa shape index (κ1) is 76.3. The predicted octanol–water partition coefficient (Wildman–Crippen LogP) is 23.1. The van der Waals surface area contributed by atoms with Gasteiger partial charge in [0, 0.05) is 19.3 Å². The monoisotopic (exact) mass is 1120 g/mol. The molecule has 6 heteroatoms. The Balaban J connectivity index is 4.50. The average molecular weight is 1120 g/mol. The van der Waals surface area contributed by atoms with Gasteiger partial charge in [-0.15, -0.1) is 0 Å². The molecular weight excluding hydrogens is 997 g/mol. The molecule has 0 radical (unpaired) electrons. The number of carbonyl (C=O) groups excluding carboxylic acids is 3. The molecule has 0 saturated carbocycles. The van der Waals surface area contributed by atoms with Crippen molar-refractivity contribution in [2.24, 2.45) is 0 Å². The summed E-state index contributed by atoms with van der Waals surface area (Å²) in [6, 6.07) is 0. The Morgan fingerprint density at radius 3 is 0.778 bits per heavy atom. The van der Waals surface area contributed by atoms with E-state index in [0.717, 1.165) is 135 Å². The molecule has 0 aromatic heterocycles. The van der Waals surface area contributed by atoms with E-state index in [1.54, 1.807) is 0 Å². The first-order valence-electron chi connectivity index (χ1n) is 33.3. The molecule has 0 amide bonds. The lowest BCUT2D eigenvalue weighted by molar-refractivity contribution is -0.167. The normalized spacial score (nSPS) is 13.1. The fourth-order valence-corrected chi connectivity index (χ4v) is 8.88. The van der Waals surface area contributed by atoms with Gasteiger partial charge in [0.05, 0.1) is 0 Å². The molecule has 0 fully saturated rings. The molecule has 0 aliphatic rings. The summed E-state index contributed by atoms with van der Waals surface area (Å²) < 4.78 is 16.9. The van der Waals surface area contributed by atoms with Crippen molar-refractivity contribution < 1.29 is 28.6 Å². The summed E-state index contributed by atoms with van der Waals surface area (Å²) in [6.45, 7) is 6.37. The Kier molecular flexibility index (Phi) is 63.9. The molecule has 0 bridgehead atoms. The van der Waals surface area contributed by atoms with E-state index in [2.05, 4.69) is 167 Å². The molecule has 0 aromatic rings. The average Bonchev–Trinajstić information content (AvgIpc) is 3.47. The van der Waals surface area contributed by atoms with Gasteiger partial charge in [-0.2, -0.15) is 0 Å². The van der Waals surface area contributed by atoms with Crippen molar-refractivity contribution in [1.82, 2.24) is 0 Å². The van der Waals surface area contributed by atoms with Crippen LogP contribution in [-0.2, 0) is 28.6 Å². The fraction of sp³-hybridized carbons (Fsp3) is 0.640. The first-order chi connectivity index (χ1) is 40.0. The van der Waals surface area contributed by atoms with Gasteiger partial charge < -0.3 is 14.2 Å². The van der Waals surface area contributed by atoms with E-state index in [9.17, 15) is 14.4 Å². The predicted molar refractivity (Wildman–Crippen MR) is 352 cm³/mol. The van der Waals surface area contributed by atoms with Gasteiger partial charge in [-0.05, 0) is 141 Å². The molecule has 1 unspecified atom stereocenters. The Morgan fingerprint density at radius 2 is 0.481 bits per heavy atom. The maximum Gasteiger partial charge on any atom is 0.306 e. The summed E-state index contributed by atoms with van der Waals surface area (Å²) in [5.74, 6) is -0.964. The van der Waals surface area contributed by atoms with Gasteiger partial charge in [0.2, 0.25) is 0 Å². The number of esters is 3. The molecule has 458 valence electrons. The highest BCUT2D eigenvalue weighted by atomic mass is 16.6. The third kappa shape index (κ3) is 66.0. The lowest BCUT2D eigenvalue weighted by Gasteiger charge is -2.18. The van der Waals surface area contributed by atoms with E-state index in [-0.39, 0.29) is 37.5 Å². The number of hydrogen-bond donors (Lipinski definition) is 0. The summed E-state index contributed by atoms with van der Waals surface area (Å²) in [5.41, 5.74) is 0. The van der Waals surface area contributed by atoms with Gasteiger partial charge in [0.15, 0.2) is 6.10 Å². The molecule has 0 aromatic carbocycles. The van der Waals surface area contributed by atoms with Crippen LogP contribution < -0.4 is 0 Å². The van der Waals surface area contributed by atoms with E-state index in [1.807, 2.05) is 0 Å². The number of ether oxygens (including phenoxy) is 3. The molecule has 0 saturated heterocycles. The number of hydrogen-bond acceptors (Lipinski definition) is 6. The molecule has 0 heterocycles. The van der Waals surface area contributed by atoms with Crippen LogP contribution in [0, 0.1) is 0 Å². The molecule has 0 spiro atoms. The molecule has 81 heavy (non-hydrogen) atoms. The molecule has 0 rings (SSSR count). The molecule has 1 atom stereocenters. The highest BCUT2D eigenvalue weighted by molar-refractivity contribution is 5.71. The molecule has 0 aliphatic heterocycles. The molecule has 0 N–H and O–H groups in total. The van der Waals surface area contributed by atoms with Crippen molar-refractivity contribution >= 4 is 17.9 Å². The van der Waals surface area contributed by atoms with Crippen molar-refractivity contribution in [2.75, 3.05) is 13.2 Å². The summed E-state index contributed by atoms with van der Waals surface area (Å²) in [7, 11) is 0. The maximum atomic E-state index is 12.9. The lowest BCUT2D eigenvalue weighted by Crippen LogP contribution is -2.30. The smallest absolute Gasteiger partial charge is 0.306 e. The van der Waals surface area contributed by atoms with Crippen molar-refractivity contribution in [2.45, 2.75) is 297 Å². The minimum absolute atomic E-state index is 0.106. The number of allylic oxidation sites excluding steroid dienone is 24. The van der Waals surface area contributed by atoms with Crippen LogP contribution in [-0.4, -0.2) is 37.2 Å². The van der Waals surface area contributed by atoms with Gasteiger partial charge in [-0.25, -0.2) is 0 Å². The zero-order chi connectivity index (χ0) is 58.5. The molecule has 6 nitrogen and oxygen atoms in total. The van der Waals surface area contributed by atoms with Crippen molar-refractivity contribution in [3.05, 3.63) is 146 Å². The van der Waals surface area contributed by atoms with Crippen molar-refractivity contribution in [3.8, 4) is 0 Å².